The van der Waals surface area contributed by atoms with Gasteiger partial charge in [0.05, 0.1) is 26.4 Å². The van der Waals surface area contributed by atoms with Crippen LogP contribution in [0.2, 0.25) is 10.0 Å². The van der Waals surface area contributed by atoms with Crippen molar-refractivity contribution in [2.75, 3.05) is 0 Å². The van der Waals surface area contributed by atoms with Crippen molar-refractivity contribution in [2.45, 2.75) is 0 Å². The number of halogens is 3. The molecular formula is C13H9BrCl2N2O. The summed E-state index contributed by atoms with van der Waals surface area (Å²) in [5, 5.41) is 4.85. The van der Waals surface area contributed by atoms with Gasteiger partial charge in [-0.1, -0.05) is 23.2 Å². The van der Waals surface area contributed by atoms with Crippen molar-refractivity contribution in [3.05, 3.63) is 56.2 Å². The summed E-state index contributed by atoms with van der Waals surface area (Å²) in [5.41, 5.74) is 1.30. The number of aryl methyl sites for hydroxylation is 1. The minimum atomic E-state index is -0.147. The van der Waals surface area contributed by atoms with Crippen LogP contribution >= 0.6 is 39.1 Å². The second kappa shape index (κ2) is 5.90. The lowest BCUT2D eigenvalue weighted by molar-refractivity contribution is 0.104. The van der Waals surface area contributed by atoms with E-state index in [0.29, 0.717) is 15.6 Å². The van der Waals surface area contributed by atoms with Crippen molar-refractivity contribution in [2.24, 2.45) is 7.05 Å². The van der Waals surface area contributed by atoms with Crippen LogP contribution in [-0.4, -0.2) is 15.6 Å². The molecule has 2 aromatic rings. The van der Waals surface area contributed by atoms with Crippen LogP contribution in [0.25, 0.3) is 6.08 Å². The van der Waals surface area contributed by atoms with Gasteiger partial charge in [0.1, 0.15) is 0 Å². The van der Waals surface area contributed by atoms with Crippen molar-refractivity contribution < 1.29 is 4.79 Å². The average molecular weight is 360 g/mol. The summed E-state index contributed by atoms with van der Waals surface area (Å²) in [6, 6.07) is 4.79. The van der Waals surface area contributed by atoms with Gasteiger partial charge in [0.15, 0.2) is 5.78 Å². The Morgan fingerprint density at radius 1 is 1.37 bits per heavy atom. The molecule has 0 amide bonds. The molecule has 0 bridgehead atoms. The van der Waals surface area contributed by atoms with Crippen molar-refractivity contribution in [3.63, 3.8) is 0 Å². The van der Waals surface area contributed by atoms with Gasteiger partial charge in [-0.2, -0.15) is 5.10 Å². The largest absolute Gasteiger partial charge is 0.289 e. The Morgan fingerprint density at radius 2 is 2.11 bits per heavy atom. The maximum absolute atomic E-state index is 12.0. The molecule has 19 heavy (non-hydrogen) atoms. The lowest BCUT2D eigenvalue weighted by Crippen LogP contribution is -1.96. The first-order valence-electron chi connectivity index (χ1n) is 5.34. The number of ketones is 1. The molecule has 0 fully saturated rings. The van der Waals surface area contributed by atoms with E-state index in [1.807, 2.05) is 0 Å². The van der Waals surface area contributed by atoms with Crippen molar-refractivity contribution in [3.8, 4) is 0 Å². The van der Waals surface area contributed by atoms with E-state index in [4.69, 9.17) is 23.2 Å². The SMILES string of the molecule is Cn1ncc(Br)c1/C=C/C(=O)c1ccc(Cl)c(Cl)c1. The Bertz CT molecular complexity index is 645. The van der Waals surface area contributed by atoms with E-state index in [1.165, 1.54) is 6.08 Å². The zero-order valence-electron chi connectivity index (χ0n) is 9.90. The third-order valence-corrected chi connectivity index (χ3v) is 3.88. The highest BCUT2D eigenvalue weighted by molar-refractivity contribution is 9.10. The van der Waals surface area contributed by atoms with Crippen LogP contribution in [0.5, 0.6) is 0 Å². The van der Waals surface area contributed by atoms with Gasteiger partial charge < -0.3 is 0 Å². The molecule has 98 valence electrons. The van der Waals surface area contributed by atoms with Gasteiger partial charge in [-0.25, -0.2) is 0 Å². The maximum Gasteiger partial charge on any atom is 0.185 e. The lowest BCUT2D eigenvalue weighted by atomic mass is 10.1. The van der Waals surface area contributed by atoms with E-state index in [2.05, 4.69) is 21.0 Å². The Morgan fingerprint density at radius 3 is 2.68 bits per heavy atom. The molecule has 0 saturated heterocycles. The molecule has 0 aliphatic rings. The zero-order valence-corrected chi connectivity index (χ0v) is 13.0. The normalized spacial score (nSPS) is 11.2. The smallest absolute Gasteiger partial charge is 0.185 e. The van der Waals surface area contributed by atoms with Gasteiger partial charge in [0.2, 0.25) is 0 Å². The predicted octanol–water partition coefficient (Wildman–Crippen LogP) is 4.39. The van der Waals surface area contributed by atoms with Crippen LogP contribution < -0.4 is 0 Å². The summed E-state index contributed by atoms with van der Waals surface area (Å²) in [6.45, 7) is 0. The number of aromatic nitrogens is 2. The molecule has 6 heteroatoms. The number of allylic oxidation sites excluding steroid dienone is 1. The van der Waals surface area contributed by atoms with Gasteiger partial charge in [-0.3, -0.25) is 9.48 Å². The third kappa shape index (κ3) is 3.26. The van der Waals surface area contributed by atoms with Crippen molar-refractivity contribution >= 4 is 51.0 Å². The number of hydrogen-bond acceptors (Lipinski definition) is 2. The molecule has 0 aliphatic carbocycles. The molecular weight excluding hydrogens is 351 g/mol. The van der Waals surface area contributed by atoms with E-state index in [-0.39, 0.29) is 5.78 Å². The second-order valence-electron chi connectivity index (χ2n) is 3.83. The molecule has 0 unspecified atom stereocenters. The number of rotatable bonds is 3. The minimum Gasteiger partial charge on any atom is -0.289 e. The molecule has 1 aromatic carbocycles. The summed E-state index contributed by atoms with van der Waals surface area (Å²) in [7, 11) is 1.80. The standard InChI is InChI=1S/C13H9BrCl2N2O/c1-18-12(9(14)7-17-18)4-5-13(19)8-2-3-10(15)11(16)6-8/h2-7H,1H3/b5-4+. The van der Waals surface area contributed by atoms with E-state index >= 15 is 0 Å². The first-order valence-corrected chi connectivity index (χ1v) is 6.89. The van der Waals surface area contributed by atoms with Crippen molar-refractivity contribution in [1.29, 1.82) is 0 Å². The summed E-state index contributed by atoms with van der Waals surface area (Å²) in [5.74, 6) is -0.147. The van der Waals surface area contributed by atoms with Crippen LogP contribution in [0.3, 0.4) is 0 Å². The van der Waals surface area contributed by atoms with Crippen LogP contribution in [0.4, 0.5) is 0 Å². The molecule has 0 saturated carbocycles. The van der Waals surface area contributed by atoms with Crippen LogP contribution in [0.15, 0.2) is 34.9 Å². The molecule has 1 heterocycles. The molecule has 0 radical (unpaired) electrons. The first-order chi connectivity index (χ1) is 8.99. The average Bonchev–Trinajstić information content (AvgIpc) is 2.69. The van der Waals surface area contributed by atoms with Gasteiger partial charge in [-0.05, 0) is 46.3 Å². The second-order valence-corrected chi connectivity index (χ2v) is 5.50. The Hall–Kier alpha value is -1.10. The quantitative estimate of drug-likeness (QED) is 0.601. The van der Waals surface area contributed by atoms with Crippen LogP contribution in [0.1, 0.15) is 16.1 Å². The van der Waals surface area contributed by atoms with E-state index in [1.54, 1.807) is 42.2 Å². The Balaban J connectivity index is 2.24. The van der Waals surface area contributed by atoms with Crippen LogP contribution in [-0.2, 0) is 7.05 Å². The highest BCUT2D eigenvalue weighted by Gasteiger charge is 2.07. The highest BCUT2D eigenvalue weighted by atomic mass is 79.9. The van der Waals surface area contributed by atoms with Gasteiger partial charge >= 0.3 is 0 Å². The highest BCUT2D eigenvalue weighted by Crippen LogP contribution is 2.23. The third-order valence-electron chi connectivity index (χ3n) is 2.53. The Kier molecular flexibility index (Phi) is 4.45. The molecule has 2 rings (SSSR count). The maximum atomic E-state index is 12.0. The van der Waals surface area contributed by atoms with E-state index < -0.39 is 0 Å². The molecule has 0 aliphatic heterocycles. The Labute approximate surface area is 129 Å². The number of nitrogens with zero attached hydrogens (tertiary/aromatic N) is 2. The minimum absolute atomic E-state index is 0.147. The van der Waals surface area contributed by atoms with Crippen LogP contribution in [0, 0.1) is 0 Å². The summed E-state index contributed by atoms with van der Waals surface area (Å²) in [6.07, 6.45) is 4.84. The monoisotopic (exact) mass is 358 g/mol. The molecule has 0 N–H and O–H groups in total. The molecule has 1 aromatic heterocycles. The van der Waals surface area contributed by atoms with Gasteiger partial charge in [-0.15, -0.1) is 0 Å². The lowest BCUT2D eigenvalue weighted by Gasteiger charge is -1.99. The number of carbonyl (C=O) groups is 1. The molecule has 0 atom stereocenters. The van der Waals surface area contributed by atoms with E-state index in [0.717, 1.165) is 10.2 Å². The van der Waals surface area contributed by atoms with Gasteiger partial charge in [0, 0.05) is 12.6 Å². The number of hydrogen-bond donors (Lipinski definition) is 0. The first kappa shape index (κ1) is 14.3. The topological polar surface area (TPSA) is 34.9 Å². The fourth-order valence-electron chi connectivity index (χ4n) is 1.51. The number of benzene rings is 1. The summed E-state index contributed by atoms with van der Waals surface area (Å²) >= 11 is 15.0. The fourth-order valence-corrected chi connectivity index (χ4v) is 2.29. The fraction of sp³-hybridized carbons (Fsp3) is 0.0769. The molecule has 0 spiro atoms. The zero-order chi connectivity index (χ0) is 14.0. The summed E-state index contributed by atoms with van der Waals surface area (Å²) in [4.78, 5) is 12.0. The number of carbonyl (C=O) groups excluding carboxylic acids is 1. The van der Waals surface area contributed by atoms with Gasteiger partial charge in [0.25, 0.3) is 0 Å². The van der Waals surface area contributed by atoms with Crippen molar-refractivity contribution in [1.82, 2.24) is 9.78 Å². The van der Waals surface area contributed by atoms with E-state index in [9.17, 15) is 4.79 Å². The molecule has 3 nitrogen and oxygen atoms in total. The predicted molar refractivity (Wildman–Crippen MR) is 80.7 cm³/mol. The summed E-state index contributed by atoms with van der Waals surface area (Å²) < 4.78 is 2.50.